The molecule has 2 aliphatic heterocycles. The van der Waals surface area contributed by atoms with Crippen molar-refractivity contribution in [3.05, 3.63) is 45.2 Å². The van der Waals surface area contributed by atoms with Crippen LogP contribution in [0.1, 0.15) is 28.7 Å². The van der Waals surface area contributed by atoms with Crippen LogP contribution in [0.15, 0.2) is 16.6 Å². The molecule has 3 amide bonds. The van der Waals surface area contributed by atoms with Gasteiger partial charge in [0.25, 0.3) is 5.91 Å². The SMILES string of the molecule is C[C@@H]1Cc2nn3c(c2CN1C(=O)Nc1cc(Br)c(F)cc1F)C(=O)N(C)OCC3. The molecular formula is C18H18BrF2N5O3. The monoisotopic (exact) mass is 469 g/mol. The van der Waals surface area contributed by atoms with Gasteiger partial charge in [-0.3, -0.25) is 14.3 Å². The number of hydrogen-bond acceptors (Lipinski definition) is 4. The van der Waals surface area contributed by atoms with Gasteiger partial charge < -0.3 is 10.2 Å². The summed E-state index contributed by atoms with van der Waals surface area (Å²) in [6, 6.07) is 1.09. The summed E-state index contributed by atoms with van der Waals surface area (Å²) >= 11 is 2.98. The van der Waals surface area contributed by atoms with Gasteiger partial charge in [0, 0.05) is 31.1 Å². The minimum atomic E-state index is -0.877. The van der Waals surface area contributed by atoms with Gasteiger partial charge >= 0.3 is 6.03 Å². The molecule has 154 valence electrons. The van der Waals surface area contributed by atoms with Crippen LogP contribution in [-0.2, 0) is 24.3 Å². The predicted octanol–water partition coefficient (Wildman–Crippen LogP) is 2.92. The molecule has 0 saturated carbocycles. The summed E-state index contributed by atoms with van der Waals surface area (Å²) in [6.07, 6.45) is 0.455. The molecule has 2 aromatic rings. The van der Waals surface area contributed by atoms with E-state index in [0.29, 0.717) is 36.9 Å². The highest BCUT2D eigenvalue weighted by Crippen LogP contribution is 2.29. The van der Waals surface area contributed by atoms with Gasteiger partial charge in [0.05, 0.1) is 35.6 Å². The normalized spacial score (nSPS) is 18.9. The van der Waals surface area contributed by atoms with Gasteiger partial charge in [-0.05, 0) is 28.9 Å². The Morgan fingerprint density at radius 2 is 2.10 bits per heavy atom. The minimum absolute atomic E-state index is 0.0405. The zero-order valence-corrected chi connectivity index (χ0v) is 17.3. The predicted molar refractivity (Wildman–Crippen MR) is 102 cm³/mol. The number of urea groups is 1. The third kappa shape index (κ3) is 3.48. The first-order valence-corrected chi connectivity index (χ1v) is 9.77. The van der Waals surface area contributed by atoms with Crippen LogP contribution in [0.4, 0.5) is 19.3 Å². The Bertz CT molecular complexity index is 1010. The van der Waals surface area contributed by atoms with E-state index in [4.69, 9.17) is 4.84 Å². The van der Waals surface area contributed by atoms with Crippen molar-refractivity contribution in [1.82, 2.24) is 19.7 Å². The van der Waals surface area contributed by atoms with Crippen LogP contribution >= 0.6 is 15.9 Å². The topological polar surface area (TPSA) is 79.7 Å². The number of nitrogens with zero attached hydrogens (tertiary/aromatic N) is 4. The van der Waals surface area contributed by atoms with Crippen molar-refractivity contribution in [3.63, 3.8) is 0 Å². The van der Waals surface area contributed by atoms with Crippen molar-refractivity contribution < 1.29 is 23.2 Å². The lowest BCUT2D eigenvalue weighted by atomic mass is 9.99. The third-order valence-electron chi connectivity index (χ3n) is 5.07. The molecule has 1 aromatic carbocycles. The minimum Gasteiger partial charge on any atom is -0.317 e. The number of benzene rings is 1. The largest absolute Gasteiger partial charge is 0.322 e. The molecular weight excluding hydrogens is 452 g/mol. The molecule has 0 fully saturated rings. The summed E-state index contributed by atoms with van der Waals surface area (Å²) in [5.41, 5.74) is 1.66. The molecule has 1 N–H and O–H groups in total. The Hall–Kier alpha value is -2.53. The number of anilines is 1. The Kier molecular flexibility index (Phi) is 5.03. The average Bonchev–Trinajstić information content (AvgIpc) is 2.94. The molecule has 4 rings (SSSR count). The molecule has 8 nitrogen and oxygen atoms in total. The van der Waals surface area contributed by atoms with E-state index in [9.17, 15) is 18.4 Å². The van der Waals surface area contributed by atoms with E-state index in [2.05, 4.69) is 26.3 Å². The van der Waals surface area contributed by atoms with Crippen LogP contribution in [0.2, 0.25) is 0 Å². The van der Waals surface area contributed by atoms with Crippen LogP contribution in [-0.4, -0.2) is 51.4 Å². The molecule has 0 radical (unpaired) electrons. The van der Waals surface area contributed by atoms with Crippen LogP contribution < -0.4 is 5.32 Å². The first-order valence-electron chi connectivity index (χ1n) is 8.98. The number of hydrogen-bond donors (Lipinski definition) is 1. The molecule has 0 bridgehead atoms. The van der Waals surface area contributed by atoms with Crippen LogP contribution in [0.5, 0.6) is 0 Å². The Morgan fingerprint density at radius 3 is 2.86 bits per heavy atom. The number of rotatable bonds is 1. The summed E-state index contributed by atoms with van der Waals surface area (Å²) in [5, 5.41) is 8.17. The maximum atomic E-state index is 14.0. The quantitative estimate of drug-likeness (QED) is 0.651. The van der Waals surface area contributed by atoms with Crippen molar-refractivity contribution in [2.24, 2.45) is 0 Å². The smallest absolute Gasteiger partial charge is 0.317 e. The summed E-state index contributed by atoms with van der Waals surface area (Å²) < 4.78 is 29.1. The molecule has 1 atom stereocenters. The van der Waals surface area contributed by atoms with Crippen molar-refractivity contribution >= 4 is 33.6 Å². The van der Waals surface area contributed by atoms with Crippen molar-refractivity contribution in [1.29, 1.82) is 0 Å². The van der Waals surface area contributed by atoms with E-state index in [-0.39, 0.29) is 28.7 Å². The molecule has 29 heavy (non-hydrogen) atoms. The summed E-state index contributed by atoms with van der Waals surface area (Å²) in [6.45, 7) is 2.73. The van der Waals surface area contributed by atoms with E-state index in [1.54, 1.807) is 4.68 Å². The molecule has 2 aliphatic rings. The molecule has 0 saturated heterocycles. The summed E-state index contributed by atoms with van der Waals surface area (Å²) in [5.74, 6) is -1.97. The number of carbonyl (C=O) groups is 2. The van der Waals surface area contributed by atoms with Crippen molar-refractivity contribution in [2.45, 2.75) is 32.5 Å². The van der Waals surface area contributed by atoms with E-state index in [1.165, 1.54) is 18.0 Å². The number of amides is 3. The van der Waals surface area contributed by atoms with E-state index in [0.717, 1.165) is 10.8 Å². The fourth-order valence-electron chi connectivity index (χ4n) is 3.55. The molecule has 3 heterocycles. The average molecular weight is 470 g/mol. The number of fused-ring (bicyclic) bond motifs is 3. The van der Waals surface area contributed by atoms with E-state index >= 15 is 0 Å². The van der Waals surface area contributed by atoms with Crippen LogP contribution in [0.3, 0.4) is 0 Å². The standard InChI is InChI=1S/C18H18BrF2N5O3/c1-9-5-14-10(16-17(27)24(2)29-4-3-26(16)23-14)8-25(9)18(28)22-15-6-11(19)12(20)7-13(15)21/h6-7,9H,3-5,8H2,1-2H3,(H,22,28)/t9-/m1/s1. The highest BCUT2D eigenvalue weighted by atomic mass is 79.9. The molecule has 0 spiro atoms. The van der Waals surface area contributed by atoms with Gasteiger partial charge in [-0.1, -0.05) is 0 Å². The van der Waals surface area contributed by atoms with E-state index < -0.39 is 17.7 Å². The Balaban J connectivity index is 1.62. The zero-order valence-electron chi connectivity index (χ0n) is 15.7. The summed E-state index contributed by atoms with van der Waals surface area (Å²) in [4.78, 5) is 32.3. The summed E-state index contributed by atoms with van der Waals surface area (Å²) in [7, 11) is 1.53. The molecule has 0 aliphatic carbocycles. The van der Waals surface area contributed by atoms with Gasteiger partial charge in [0.15, 0.2) is 0 Å². The fourth-order valence-corrected chi connectivity index (χ4v) is 3.89. The second-order valence-corrected chi connectivity index (χ2v) is 7.84. The maximum Gasteiger partial charge on any atom is 0.322 e. The van der Waals surface area contributed by atoms with Gasteiger partial charge in [-0.2, -0.15) is 5.10 Å². The van der Waals surface area contributed by atoms with Crippen molar-refractivity contribution in [3.8, 4) is 0 Å². The number of hydroxylamine groups is 2. The van der Waals surface area contributed by atoms with Crippen molar-refractivity contribution in [2.75, 3.05) is 19.0 Å². The van der Waals surface area contributed by atoms with E-state index in [1.807, 2.05) is 6.92 Å². The zero-order chi connectivity index (χ0) is 20.9. The highest BCUT2D eigenvalue weighted by Gasteiger charge is 2.36. The fraction of sp³-hybridized carbons (Fsp3) is 0.389. The molecule has 0 unspecified atom stereocenters. The molecule has 1 aromatic heterocycles. The lowest BCUT2D eigenvalue weighted by Gasteiger charge is -2.33. The number of carbonyl (C=O) groups excluding carboxylic acids is 2. The molecule has 11 heteroatoms. The van der Waals surface area contributed by atoms with Crippen LogP contribution in [0.25, 0.3) is 0 Å². The highest BCUT2D eigenvalue weighted by molar-refractivity contribution is 9.10. The Labute approximate surface area is 173 Å². The number of halogens is 3. The number of nitrogens with one attached hydrogen (secondary N) is 1. The van der Waals surface area contributed by atoms with Gasteiger partial charge in [-0.25, -0.2) is 18.6 Å². The second kappa shape index (κ2) is 7.38. The first-order chi connectivity index (χ1) is 13.8. The number of aromatic nitrogens is 2. The van der Waals surface area contributed by atoms with Gasteiger partial charge in [0.1, 0.15) is 17.3 Å². The first kappa shape index (κ1) is 19.8. The van der Waals surface area contributed by atoms with Crippen LogP contribution in [0, 0.1) is 11.6 Å². The second-order valence-electron chi connectivity index (χ2n) is 6.99. The van der Waals surface area contributed by atoms with Gasteiger partial charge in [-0.15, -0.1) is 0 Å². The maximum absolute atomic E-state index is 14.0. The lowest BCUT2D eigenvalue weighted by molar-refractivity contribution is -0.103. The third-order valence-corrected chi connectivity index (χ3v) is 5.68. The van der Waals surface area contributed by atoms with Gasteiger partial charge in [0.2, 0.25) is 0 Å². The lowest BCUT2D eigenvalue weighted by Crippen LogP contribution is -2.45. The Morgan fingerprint density at radius 1 is 1.34 bits per heavy atom.